The van der Waals surface area contributed by atoms with Crippen molar-refractivity contribution in [3.8, 4) is 11.3 Å². The number of carboxylic acid groups (broad SMARTS) is 1. The van der Waals surface area contributed by atoms with Crippen LogP contribution in [0.4, 0.5) is 5.69 Å². The Labute approximate surface area is 101 Å². The maximum Gasteiger partial charge on any atom is 0.353 e. The van der Waals surface area contributed by atoms with Crippen molar-refractivity contribution < 1.29 is 19.5 Å². The Morgan fingerprint density at radius 3 is 2.44 bits per heavy atom. The van der Waals surface area contributed by atoms with Crippen LogP contribution in [-0.4, -0.2) is 16.3 Å². The maximum atomic E-state index is 11.5. The van der Waals surface area contributed by atoms with Gasteiger partial charge in [0.2, 0.25) is 0 Å². The fraction of sp³-hybridized carbons (Fsp3) is 0. The number of carbonyl (C=O) groups is 1. The lowest BCUT2D eigenvalue weighted by molar-refractivity contribution is 0.0692. The van der Waals surface area contributed by atoms with Crippen LogP contribution in [0.1, 0.15) is 10.4 Å². The van der Waals surface area contributed by atoms with Crippen LogP contribution in [0.3, 0.4) is 0 Å². The number of hydrogen-bond donors (Lipinski definition) is 3. The SMILES string of the molecule is O=C(O)c1c(NO)cc(-c2ccccc2)oc1=O. The molecule has 6 nitrogen and oxygen atoms in total. The van der Waals surface area contributed by atoms with Gasteiger partial charge in [0.15, 0.2) is 5.56 Å². The second-order valence-electron chi connectivity index (χ2n) is 3.47. The Balaban J connectivity index is 2.64. The third kappa shape index (κ3) is 2.09. The molecule has 0 aliphatic carbocycles. The van der Waals surface area contributed by atoms with Gasteiger partial charge in [0, 0.05) is 11.6 Å². The van der Waals surface area contributed by atoms with E-state index in [2.05, 4.69) is 0 Å². The van der Waals surface area contributed by atoms with Crippen LogP contribution < -0.4 is 11.1 Å². The predicted molar refractivity (Wildman–Crippen MR) is 62.8 cm³/mol. The van der Waals surface area contributed by atoms with Gasteiger partial charge in [-0.25, -0.2) is 9.59 Å². The van der Waals surface area contributed by atoms with Crippen LogP contribution in [0.5, 0.6) is 0 Å². The molecular weight excluding hydrogens is 238 g/mol. The number of benzene rings is 1. The van der Waals surface area contributed by atoms with Gasteiger partial charge in [-0.3, -0.25) is 10.7 Å². The zero-order chi connectivity index (χ0) is 13.1. The number of carboxylic acids is 1. The zero-order valence-corrected chi connectivity index (χ0v) is 9.08. The number of rotatable bonds is 3. The second kappa shape index (κ2) is 4.72. The highest BCUT2D eigenvalue weighted by Gasteiger charge is 2.18. The van der Waals surface area contributed by atoms with Gasteiger partial charge in [0.05, 0.1) is 5.69 Å². The number of anilines is 1. The van der Waals surface area contributed by atoms with Gasteiger partial charge in [-0.2, -0.15) is 0 Å². The van der Waals surface area contributed by atoms with Gasteiger partial charge in [-0.05, 0) is 0 Å². The van der Waals surface area contributed by atoms with Gasteiger partial charge >= 0.3 is 11.6 Å². The summed E-state index contributed by atoms with van der Waals surface area (Å²) in [5, 5.41) is 17.7. The van der Waals surface area contributed by atoms with Crippen molar-refractivity contribution >= 4 is 11.7 Å². The minimum Gasteiger partial charge on any atom is -0.477 e. The highest BCUT2D eigenvalue weighted by Crippen LogP contribution is 2.22. The van der Waals surface area contributed by atoms with Crippen LogP contribution in [0.25, 0.3) is 11.3 Å². The summed E-state index contributed by atoms with van der Waals surface area (Å²) >= 11 is 0. The molecule has 18 heavy (non-hydrogen) atoms. The molecule has 0 atom stereocenters. The van der Waals surface area contributed by atoms with Crippen LogP contribution in [0.15, 0.2) is 45.6 Å². The Morgan fingerprint density at radius 1 is 1.22 bits per heavy atom. The van der Waals surface area contributed by atoms with Crippen molar-refractivity contribution in [3.63, 3.8) is 0 Å². The molecule has 0 radical (unpaired) electrons. The topological polar surface area (TPSA) is 99.8 Å². The summed E-state index contributed by atoms with van der Waals surface area (Å²) in [6.45, 7) is 0. The lowest BCUT2D eigenvalue weighted by atomic mass is 10.1. The summed E-state index contributed by atoms with van der Waals surface area (Å²) in [5.74, 6) is -1.30. The first-order valence-corrected chi connectivity index (χ1v) is 5.00. The van der Waals surface area contributed by atoms with Crippen molar-refractivity contribution in [3.05, 3.63) is 52.4 Å². The molecule has 2 aromatic rings. The third-order valence-corrected chi connectivity index (χ3v) is 2.34. The Bertz CT molecular complexity index is 633. The van der Waals surface area contributed by atoms with E-state index >= 15 is 0 Å². The molecule has 0 saturated heterocycles. The summed E-state index contributed by atoms with van der Waals surface area (Å²) in [7, 11) is 0. The molecule has 1 heterocycles. The Morgan fingerprint density at radius 2 is 1.89 bits per heavy atom. The van der Waals surface area contributed by atoms with Crippen LogP contribution >= 0.6 is 0 Å². The Kier molecular flexibility index (Phi) is 3.11. The van der Waals surface area contributed by atoms with E-state index in [0.717, 1.165) is 0 Å². The van der Waals surface area contributed by atoms with Gasteiger partial charge < -0.3 is 9.52 Å². The zero-order valence-electron chi connectivity index (χ0n) is 9.08. The fourth-order valence-electron chi connectivity index (χ4n) is 1.53. The molecular formula is C12H9NO5. The molecule has 0 aliphatic heterocycles. The monoisotopic (exact) mass is 247 g/mol. The molecule has 0 spiro atoms. The molecule has 1 aromatic carbocycles. The highest BCUT2D eigenvalue weighted by molar-refractivity contribution is 5.93. The summed E-state index contributed by atoms with van der Waals surface area (Å²) in [4.78, 5) is 22.4. The number of nitrogens with one attached hydrogen (secondary N) is 1. The Hall–Kier alpha value is -2.60. The van der Waals surface area contributed by atoms with Crippen LogP contribution in [0, 0.1) is 0 Å². The smallest absolute Gasteiger partial charge is 0.353 e. The standard InChI is InChI=1S/C12H9NO5/c14-11(15)10-8(13-17)6-9(18-12(10)16)7-4-2-1-3-5-7/h1-6,13,17H,(H,14,15). The largest absolute Gasteiger partial charge is 0.477 e. The second-order valence-corrected chi connectivity index (χ2v) is 3.47. The molecule has 0 amide bonds. The quantitative estimate of drug-likeness (QED) is 0.715. The summed E-state index contributed by atoms with van der Waals surface area (Å²) < 4.78 is 4.91. The minimum absolute atomic E-state index is 0.169. The summed E-state index contributed by atoms with van der Waals surface area (Å²) in [5.41, 5.74) is 0.408. The van der Waals surface area contributed by atoms with Crippen LogP contribution in [-0.2, 0) is 0 Å². The molecule has 0 aliphatic rings. The molecule has 0 fully saturated rings. The van der Waals surface area contributed by atoms with Crippen molar-refractivity contribution in [2.45, 2.75) is 0 Å². The maximum absolute atomic E-state index is 11.5. The van der Waals surface area contributed by atoms with Crippen molar-refractivity contribution in [1.29, 1.82) is 0 Å². The van der Waals surface area contributed by atoms with E-state index in [1.807, 2.05) is 0 Å². The average molecular weight is 247 g/mol. The van der Waals surface area contributed by atoms with E-state index in [-0.39, 0.29) is 11.4 Å². The predicted octanol–water partition coefficient (Wildman–Crippen LogP) is 1.81. The first-order chi connectivity index (χ1) is 8.63. The van der Waals surface area contributed by atoms with Gasteiger partial charge in [0.25, 0.3) is 0 Å². The molecule has 0 unspecified atom stereocenters. The first-order valence-electron chi connectivity index (χ1n) is 5.00. The van der Waals surface area contributed by atoms with Crippen LogP contribution in [0.2, 0.25) is 0 Å². The van der Waals surface area contributed by atoms with E-state index in [0.29, 0.717) is 5.56 Å². The van der Waals surface area contributed by atoms with Gasteiger partial charge in [0.1, 0.15) is 5.76 Å². The average Bonchev–Trinajstić information content (AvgIpc) is 2.38. The van der Waals surface area contributed by atoms with Gasteiger partial charge in [-0.1, -0.05) is 30.3 Å². The molecule has 0 bridgehead atoms. The van der Waals surface area contributed by atoms with E-state index in [9.17, 15) is 9.59 Å². The van der Waals surface area contributed by atoms with Crippen molar-refractivity contribution in [2.75, 3.05) is 5.48 Å². The molecule has 1 aromatic heterocycles. The number of hydrogen-bond acceptors (Lipinski definition) is 5. The molecule has 92 valence electrons. The minimum atomic E-state index is -1.47. The van der Waals surface area contributed by atoms with E-state index in [4.69, 9.17) is 14.7 Å². The third-order valence-electron chi connectivity index (χ3n) is 2.34. The normalized spacial score (nSPS) is 10.1. The van der Waals surface area contributed by atoms with Gasteiger partial charge in [-0.15, -0.1) is 0 Å². The molecule has 3 N–H and O–H groups in total. The van der Waals surface area contributed by atoms with E-state index < -0.39 is 17.2 Å². The molecule has 6 heteroatoms. The summed E-state index contributed by atoms with van der Waals surface area (Å²) in [6.07, 6.45) is 0. The molecule has 0 saturated carbocycles. The first kappa shape index (κ1) is 11.9. The fourth-order valence-corrected chi connectivity index (χ4v) is 1.53. The lowest BCUT2D eigenvalue weighted by Gasteiger charge is -2.05. The summed E-state index contributed by atoms with van der Waals surface area (Å²) in [6, 6.07) is 9.91. The van der Waals surface area contributed by atoms with E-state index in [1.54, 1.807) is 35.8 Å². The number of aromatic carboxylic acids is 1. The highest BCUT2D eigenvalue weighted by atomic mass is 16.5. The van der Waals surface area contributed by atoms with Crippen molar-refractivity contribution in [2.24, 2.45) is 0 Å². The van der Waals surface area contributed by atoms with Crippen molar-refractivity contribution in [1.82, 2.24) is 0 Å². The molecule has 2 rings (SSSR count). The van der Waals surface area contributed by atoms with E-state index in [1.165, 1.54) is 6.07 Å². The lowest BCUT2D eigenvalue weighted by Crippen LogP contribution is -2.16.